The van der Waals surface area contributed by atoms with Crippen LogP contribution in [0.2, 0.25) is 0 Å². The van der Waals surface area contributed by atoms with Gasteiger partial charge < -0.3 is 9.88 Å². The summed E-state index contributed by atoms with van der Waals surface area (Å²) >= 11 is 0. The third kappa shape index (κ3) is 8.57. The van der Waals surface area contributed by atoms with E-state index in [0.717, 1.165) is 49.1 Å². The Labute approximate surface area is 250 Å². The molecule has 8 heteroatoms. The number of fused-ring (bicyclic) bond motifs is 1. The maximum atomic E-state index is 15.0. The lowest BCUT2D eigenvalue weighted by molar-refractivity contribution is 0.152. The molecule has 0 atom stereocenters. The first-order chi connectivity index (χ1) is 19.9. The van der Waals surface area contributed by atoms with E-state index in [1.165, 1.54) is 25.3 Å². The predicted octanol–water partition coefficient (Wildman–Crippen LogP) is 9.10. The zero-order chi connectivity index (χ0) is 31.0. The van der Waals surface area contributed by atoms with Gasteiger partial charge in [-0.05, 0) is 100 Å². The lowest BCUT2D eigenvalue weighted by atomic mass is 9.86. The number of allylic oxidation sites excluding steroid dienone is 2. The molecule has 6 nitrogen and oxygen atoms in total. The largest absolute Gasteiger partial charge is 0.326 e. The zero-order valence-electron chi connectivity index (χ0n) is 26.6. The third-order valence-corrected chi connectivity index (χ3v) is 7.64. The van der Waals surface area contributed by atoms with Crippen LogP contribution in [0.5, 0.6) is 0 Å². The molecule has 1 fully saturated rings. The molecule has 0 saturated carbocycles. The van der Waals surface area contributed by atoms with E-state index in [9.17, 15) is 4.39 Å². The number of hydrogen-bond donors (Lipinski definition) is 1. The van der Waals surface area contributed by atoms with E-state index in [-0.39, 0.29) is 17.4 Å². The first-order valence-corrected chi connectivity index (χ1v) is 15.2. The Morgan fingerprint density at radius 3 is 2.40 bits per heavy atom. The van der Waals surface area contributed by atoms with Crippen LogP contribution in [-0.2, 0) is 6.54 Å². The standard InChI is InChI=1S/C31H40F2N6.C3H8/c1-19(2)25-10-12-38(13-11-25)18-24-8-9-30(35-16-24)36-22(6)34-17-28(33)21(5)26-14-27(32)31-29(15-26)39(20(3)4)23(7)37-31;1-3-2/h8-9,14-17,19-20,25H,6,10-13,18H2,1-5,7H3,(H,35,36);3H2,1-2H3/b28-21-,34-17-;. The maximum absolute atomic E-state index is 15.0. The van der Waals surface area contributed by atoms with Crippen LogP contribution in [0.25, 0.3) is 16.6 Å². The van der Waals surface area contributed by atoms with Gasteiger partial charge in [-0.15, -0.1) is 0 Å². The van der Waals surface area contributed by atoms with E-state index in [0.29, 0.717) is 22.4 Å². The van der Waals surface area contributed by atoms with Crippen molar-refractivity contribution in [3.8, 4) is 0 Å². The monoisotopic (exact) mass is 578 g/mol. The summed E-state index contributed by atoms with van der Waals surface area (Å²) in [6.45, 7) is 23.3. The van der Waals surface area contributed by atoms with Gasteiger partial charge in [0.1, 0.15) is 28.8 Å². The van der Waals surface area contributed by atoms with Crippen molar-refractivity contribution in [3.63, 3.8) is 0 Å². The average Bonchev–Trinajstić information content (AvgIpc) is 3.29. The molecule has 1 saturated heterocycles. The summed E-state index contributed by atoms with van der Waals surface area (Å²) in [5.41, 5.74) is 2.80. The smallest absolute Gasteiger partial charge is 0.151 e. The third-order valence-electron chi connectivity index (χ3n) is 7.64. The van der Waals surface area contributed by atoms with E-state index in [4.69, 9.17) is 0 Å². The summed E-state index contributed by atoms with van der Waals surface area (Å²) in [6, 6.07) is 7.10. The molecule has 3 aromatic rings. The van der Waals surface area contributed by atoms with Gasteiger partial charge in [-0.2, -0.15) is 0 Å². The van der Waals surface area contributed by atoms with Crippen LogP contribution >= 0.6 is 0 Å². The van der Waals surface area contributed by atoms with Gasteiger partial charge >= 0.3 is 0 Å². The Hall–Kier alpha value is -3.39. The number of nitrogens with one attached hydrogen (secondary N) is 1. The van der Waals surface area contributed by atoms with Crippen molar-refractivity contribution >= 4 is 28.6 Å². The zero-order valence-corrected chi connectivity index (χ0v) is 26.6. The number of aryl methyl sites for hydroxylation is 1. The second-order valence-electron chi connectivity index (χ2n) is 11.9. The van der Waals surface area contributed by atoms with Crippen molar-refractivity contribution in [2.75, 3.05) is 18.4 Å². The quantitative estimate of drug-likeness (QED) is 0.257. The van der Waals surface area contributed by atoms with Crippen molar-refractivity contribution in [1.82, 2.24) is 19.4 Å². The SMILES string of the molecule is C=C(/N=C\C(F)=C(/C)c1cc(F)c2nc(C)n(C(C)C)c2c1)Nc1ccc(CN2CCC(C(C)C)CC2)cn1.CCC. The molecule has 1 aromatic carbocycles. The average molecular weight is 579 g/mol. The van der Waals surface area contributed by atoms with Gasteiger partial charge in [0.2, 0.25) is 0 Å². The highest BCUT2D eigenvalue weighted by molar-refractivity contribution is 5.91. The summed E-state index contributed by atoms with van der Waals surface area (Å²) in [5, 5.41) is 3.00. The molecule has 228 valence electrons. The fourth-order valence-corrected chi connectivity index (χ4v) is 5.31. The highest BCUT2D eigenvalue weighted by atomic mass is 19.1. The van der Waals surface area contributed by atoms with Crippen molar-refractivity contribution in [2.45, 2.75) is 87.2 Å². The molecule has 0 aliphatic carbocycles. The number of benzene rings is 1. The second-order valence-corrected chi connectivity index (χ2v) is 11.9. The molecular weight excluding hydrogens is 530 g/mol. The first kappa shape index (κ1) is 33.1. The molecule has 1 aliphatic heterocycles. The maximum Gasteiger partial charge on any atom is 0.151 e. The highest BCUT2D eigenvalue weighted by Gasteiger charge is 2.21. The first-order valence-electron chi connectivity index (χ1n) is 15.2. The Morgan fingerprint density at radius 1 is 1.17 bits per heavy atom. The molecule has 0 unspecified atom stereocenters. The van der Waals surface area contributed by atoms with E-state index < -0.39 is 11.6 Å². The van der Waals surface area contributed by atoms with Gasteiger partial charge in [-0.1, -0.05) is 46.8 Å². The molecular formula is C34H48F2N6. The Morgan fingerprint density at radius 2 is 1.83 bits per heavy atom. The van der Waals surface area contributed by atoms with Crippen LogP contribution in [-0.4, -0.2) is 38.7 Å². The summed E-state index contributed by atoms with van der Waals surface area (Å²) in [6.07, 6.45) is 6.69. The van der Waals surface area contributed by atoms with Gasteiger partial charge in [0.25, 0.3) is 0 Å². The molecule has 0 spiro atoms. The number of anilines is 1. The number of piperidine rings is 1. The summed E-state index contributed by atoms with van der Waals surface area (Å²) in [7, 11) is 0. The second kappa shape index (κ2) is 15.2. The summed E-state index contributed by atoms with van der Waals surface area (Å²) in [4.78, 5) is 15.4. The molecule has 1 N–H and O–H groups in total. The summed E-state index contributed by atoms with van der Waals surface area (Å²) < 4.78 is 31.8. The highest BCUT2D eigenvalue weighted by Crippen LogP contribution is 2.29. The van der Waals surface area contributed by atoms with Gasteiger partial charge in [-0.3, -0.25) is 4.90 Å². The lowest BCUT2D eigenvalue weighted by Crippen LogP contribution is -2.34. The number of halogens is 2. The fourth-order valence-electron chi connectivity index (χ4n) is 5.31. The molecule has 0 amide bonds. The summed E-state index contributed by atoms with van der Waals surface area (Å²) in [5.74, 6) is 2.08. The minimum absolute atomic E-state index is 0.0969. The molecule has 42 heavy (non-hydrogen) atoms. The number of likely N-dealkylation sites (tertiary alicyclic amines) is 1. The van der Waals surface area contributed by atoms with Crippen LogP contribution < -0.4 is 5.32 Å². The molecule has 4 rings (SSSR count). The van der Waals surface area contributed by atoms with E-state index >= 15 is 4.39 Å². The van der Waals surface area contributed by atoms with Gasteiger partial charge in [0, 0.05) is 18.8 Å². The predicted molar refractivity (Wildman–Crippen MR) is 173 cm³/mol. The van der Waals surface area contributed by atoms with Crippen LogP contribution in [0.15, 0.2) is 53.7 Å². The normalized spacial score (nSPS) is 15.3. The number of pyridine rings is 1. The van der Waals surface area contributed by atoms with Crippen molar-refractivity contribution in [2.24, 2.45) is 16.8 Å². The molecule has 0 radical (unpaired) electrons. The van der Waals surface area contributed by atoms with Crippen LogP contribution in [0.4, 0.5) is 14.6 Å². The van der Waals surface area contributed by atoms with Crippen molar-refractivity contribution in [3.05, 3.63) is 71.5 Å². The number of imidazole rings is 1. The Balaban J connectivity index is 0.00000155. The van der Waals surface area contributed by atoms with Crippen LogP contribution in [0.1, 0.15) is 90.7 Å². The topological polar surface area (TPSA) is 58.3 Å². The lowest BCUT2D eigenvalue weighted by Gasteiger charge is -2.33. The fraction of sp³-hybridized carbons (Fsp3) is 0.500. The van der Waals surface area contributed by atoms with E-state index in [1.54, 1.807) is 13.0 Å². The molecule has 1 aliphatic rings. The van der Waals surface area contributed by atoms with E-state index in [2.05, 4.69) is 59.5 Å². The Kier molecular flexibility index (Phi) is 12.0. The number of aromatic nitrogens is 3. The van der Waals surface area contributed by atoms with Crippen LogP contribution in [0.3, 0.4) is 0 Å². The van der Waals surface area contributed by atoms with Crippen LogP contribution in [0, 0.1) is 24.6 Å². The minimum atomic E-state index is -0.575. The minimum Gasteiger partial charge on any atom is -0.326 e. The van der Waals surface area contributed by atoms with Crippen molar-refractivity contribution < 1.29 is 8.78 Å². The van der Waals surface area contributed by atoms with E-state index in [1.807, 2.05) is 43.7 Å². The van der Waals surface area contributed by atoms with Gasteiger partial charge in [0.15, 0.2) is 5.82 Å². The van der Waals surface area contributed by atoms with Gasteiger partial charge in [-0.25, -0.2) is 23.7 Å². The Bertz CT molecular complexity index is 1390. The number of hydrogen-bond acceptors (Lipinski definition) is 5. The molecule has 0 bridgehead atoms. The molecule has 2 aromatic heterocycles. The van der Waals surface area contributed by atoms with Crippen molar-refractivity contribution in [1.29, 1.82) is 0 Å². The molecule has 3 heterocycles. The number of aliphatic imine (C=N–C) groups is 1. The number of rotatable bonds is 9. The van der Waals surface area contributed by atoms with Gasteiger partial charge in [0.05, 0.1) is 11.7 Å². The number of nitrogens with zero attached hydrogens (tertiary/aromatic N) is 5.